The lowest BCUT2D eigenvalue weighted by molar-refractivity contribution is -0.126. The molecule has 0 radical (unpaired) electrons. The van der Waals surface area contributed by atoms with Crippen LogP contribution in [0.4, 0.5) is 10.5 Å². The number of carbonyl (C=O) groups is 3. The normalized spacial score (nSPS) is 20.4. The number of cyclic esters (lactones) is 1. The zero-order chi connectivity index (χ0) is 22.2. The summed E-state index contributed by atoms with van der Waals surface area (Å²) in [6.45, 7) is 5.95. The van der Waals surface area contributed by atoms with Gasteiger partial charge in [-0.25, -0.2) is 9.69 Å². The zero-order valence-electron chi connectivity index (χ0n) is 17.8. The van der Waals surface area contributed by atoms with Gasteiger partial charge in [-0.15, -0.1) is 0 Å². The van der Waals surface area contributed by atoms with E-state index >= 15 is 0 Å². The van der Waals surface area contributed by atoms with Crippen LogP contribution in [0.5, 0.6) is 0 Å². The lowest BCUT2D eigenvalue weighted by atomic mass is 9.98. The van der Waals surface area contributed by atoms with E-state index in [4.69, 9.17) is 9.47 Å². The number of hydrogen-bond acceptors (Lipinski definition) is 6. The maximum Gasteiger partial charge on any atom is 0.417 e. The average Bonchev–Trinajstić information content (AvgIpc) is 3.47. The smallest absolute Gasteiger partial charge is 0.417 e. The number of fused-ring (bicyclic) bond motifs is 1. The number of aromatic nitrogens is 1. The first kappa shape index (κ1) is 20.5. The average molecular weight is 436 g/mol. The summed E-state index contributed by atoms with van der Waals surface area (Å²) < 4.78 is 10.2. The quantitative estimate of drug-likeness (QED) is 0.697. The van der Waals surface area contributed by atoms with Crippen molar-refractivity contribution in [2.24, 2.45) is 0 Å². The van der Waals surface area contributed by atoms with Crippen LogP contribution in [0, 0.1) is 0 Å². The minimum absolute atomic E-state index is 0.109. The molecule has 9 heteroatoms. The Morgan fingerprint density at radius 2 is 1.88 bits per heavy atom. The lowest BCUT2D eigenvalue weighted by Gasteiger charge is -2.25. The maximum absolute atomic E-state index is 12.8. The Labute approximate surface area is 185 Å². The first-order valence-electron chi connectivity index (χ1n) is 10.6. The number of ether oxygens (including phenoxy) is 2. The summed E-state index contributed by atoms with van der Waals surface area (Å²) in [6, 6.07) is 7.52. The lowest BCUT2D eigenvalue weighted by Crippen LogP contribution is -2.35. The van der Waals surface area contributed by atoms with Crippen molar-refractivity contribution >= 4 is 34.7 Å². The molecule has 1 aromatic carbocycles. The molecule has 4 heterocycles. The van der Waals surface area contributed by atoms with Crippen LogP contribution >= 0.6 is 0 Å². The van der Waals surface area contributed by atoms with Crippen LogP contribution in [0.25, 0.3) is 11.1 Å². The van der Waals surface area contributed by atoms with Gasteiger partial charge in [0, 0.05) is 42.8 Å². The van der Waals surface area contributed by atoms with Crippen LogP contribution in [-0.2, 0) is 32.2 Å². The van der Waals surface area contributed by atoms with Gasteiger partial charge in [-0.1, -0.05) is 6.07 Å². The fraction of sp³-hybridized carbons (Fsp3) is 0.348. The minimum Gasteiger partial charge on any atom is -0.439 e. The molecule has 0 saturated carbocycles. The van der Waals surface area contributed by atoms with Crippen molar-refractivity contribution in [2.45, 2.75) is 20.0 Å². The molecule has 3 aliphatic heterocycles. The van der Waals surface area contributed by atoms with Gasteiger partial charge in [-0.3, -0.25) is 14.5 Å². The number of aromatic amines is 1. The fourth-order valence-corrected chi connectivity index (χ4v) is 4.30. The third-order valence-corrected chi connectivity index (χ3v) is 6.04. The number of amides is 3. The molecule has 3 aliphatic rings. The van der Waals surface area contributed by atoms with Crippen LogP contribution in [0.1, 0.15) is 29.3 Å². The molecule has 2 fully saturated rings. The molecular formula is C23H24N4O5. The van der Waals surface area contributed by atoms with Gasteiger partial charge in [0.2, 0.25) is 0 Å². The molecule has 166 valence electrons. The second-order valence-corrected chi connectivity index (χ2v) is 8.18. The SMILES string of the molecule is CC(=C1C(=O)Nc2ccc(CN3C(=O)COC3=O)cc21)c1cc(CN2CCOCC2)c[nH]1. The molecule has 0 aliphatic carbocycles. The molecule has 2 saturated heterocycles. The Balaban J connectivity index is 1.41. The summed E-state index contributed by atoms with van der Waals surface area (Å²) in [5.41, 5.74) is 5.67. The number of nitrogens with zero attached hydrogens (tertiary/aromatic N) is 2. The second-order valence-electron chi connectivity index (χ2n) is 8.18. The Morgan fingerprint density at radius 3 is 2.62 bits per heavy atom. The molecule has 5 rings (SSSR count). The second kappa shape index (κ2) is 8.25. The van der Waals surface area contributed by atoms with E-state index in [1.165, 1.54) is 0 Å². The van der Waals surface area contributed by atoms with Gasteiger partial charge in [0.1, 0.15) is 0 Å². The topological polar surface area (TPSA) is 104 Å². The van der Waals surface area contributed by atoms with Crippen molar-refractivity contribution in [1.82, 2.24) is 14.8 Å². The summed E-state index contributed by atoms with van der Waals surface area (Å²) in [5.74, 6) is -0.536. The number of imide groups is 1. The largest absolute Gasteiger partial charge is 0.439 e. The van der Waals surface area contributed by atoms with Crippen molar-refractivity contribution in [3.8, 4) is 0 Å². The number of benzene rings is 1. The van der Waals surface area contributed by atoms with Crippen LogP contribution in [-0.4, -0.2) is 65.6 Å². The number of rotatable bonds is 5. The Kier molecular flexibility index (Phi) is 5.28. The number of nitrogens with one attached hydrogen (secondary N) is 2. The maximum atomic E-state index is 12.8. The summed E-state index contributed by atoms with van der Waals surface area (Å²) in [7, 11) is 0. The molecule has 0 spiro atoms. The number of H-pyrrole nitrogens is 1. The highest BCUT2D eigenvalue weighted by Crippen LogP contribution is 2.37. The fourth-order valence-electron chi connectivity index (χ4n) is 4.30. The number of anilines is 1. The van der Waals surface area contributed by atoms with Gasteiger partial charge < -0.3 is 19.8 Å². The predicted octanol–water partition coefficient (Wildman–Crippen LogP) is 2.21. The van der Waals surface area contributed by atoms with Gasteiger partial charge in [0.25, 0.3) is 11.8 Å². The molecule has 0 bridgehead atoms. The van der Waals surface area contributed by atoms with E-state index in [-0.39, 0.29) is 25.0 Å². The minimum atomic E-state index is -0.643. The molecule has 1 aromatic heterocycles. The number of carbonyl (C=O) groups excluding carboxylic acids is 3. The van der Waals surface area contributed by atoms with Crippen LogP contribution in [0.15, 0.2) is 30.5 Å². The highest BCUT2D eigenvalue weighted by Gasteiger charge is 2.32. The predicted molar refractivity (Wildman–Crippen MR) is 116 cm³/mol. The van der Waals surface area contributed by atoms with E-state index < -0.39 is 6.09 Å². The van der Waals surface area contributed by atoms with E-state index in [2.05, 4.69) is 21.3 Å². The summed E-state index contributed by atoms with van der Waals surface area (Å²) in [4.78, 5) is 43.1. The number of morpholine rings is 1. The standard InChI is InChI=1S/C23H24N4O5/c1-14(19-9-16(10-24-19)11-26-4-6-31-7-5-26)21-17-8-15(2-3-18(17)25-22(21)29)12-27-20(28)13-32-23(27)30/h2-3,8-10,24H,4-7,11-13H2,1H3,(H,25,29). The van der Waals surface area contributed by atoms with Crippen LogP contribution in [0.3, 0.4) is 0 Å². The van der Waals surface area contributed by atoms with Gasteiger partial charge in [0.05, 0.1) is 25.3 Å². The third-order valence-electron chi connectivity index (χ3n) is 6.04. The van der Waals surface area contributed by atoms with Crippen LogP contribution in [0.2, 0.25) is 0 Å². The van der Waals surface area contributed by atoms with E-state index in [0.29, 0.717) is 11.3 Å². The zero-order valence-corrected chi connectivity index (χ0v) is 17.8. The van der Waals surface area contributed by atoms with Crippen molar-refractivity contribution in [3.63, 3.8) is 0 Å². The summed E-state index contributed by atoms with van der Waals surface area (Å²) >= 11 is 0. The molecule has 3 amide bonds. The Bertz CT molecular complexity index is 1110. The summed E-state index contributed by atoms with van der Waals surface area (Å²) in [5, 5.41) is 2.90. The van der Waals surface area contributed by atoms with Gasteiger partial charge in [-0.05, 0) is 41.8 Å². The Hall–Kier alpha value is -3.43. The van der Waals surface area contributed by atoms with Gasteiger partial charge >= 0.3 is 6.09 Å². The van der Waals surface area contributed by atoms with E-state index in [1.54, 1.807) is 12.1 Å². The molecule has 2 N–H and O–H groups in total. The van der Waals surface area contributed by atoms with Crippen molar-refractivity contribution in [1.29, 1.82) is 0 Å². The van der Waals surface area contributed by atoms with Crippen molar-refractivity contribution in [2.75, 3.05) is 38.2 Å². The van der Waals surface area contributed by atoms with E-state index in [1.807, 2.05) is 19.2 Å². The highest BCUT2D eigenvalue weighted by atomic mass is 16.6. The van der Waals surface area contributed by atoms with Crippen molar-refractivity contribution in [3.05, 3.63) is 52.8 Å². The molecule has 2 aromatic rings. The molecular weight excluding hydrogens is 412 g/mol. The number of allylic oxidation sites excluding steroid dienone is 1. The van der Waals surface area contributed by atoms with Gasteiger partial charge in [-0.2, -0.15) is 0 Å². The monoisotopic (exact) mass is 436 g/mol. The van der Waals surface area contributed by atoms with E-state index in [0.717, 1.165) is 65.7 Å². The molecule has 0 unspecified atom stereocenters. The summed E-state index contributed by atoms with van der Waals surface area (Å²) in [6.07, 6.45) is 1.33. The third kappa shape index (κ3) is 3.80. The van der Waals surface area contributed by atoms with E-state index in [9.17, 15) is 14.4 Å². The Morgan fingerprint density at radius 1 is 1.06 bits per heavy atom. The first-order chi connectivity index (χ1) is 15.5. The molecule has 0 atom stereocenters. The molecule has 9 nitrogen and oxygen atoms in total. The first-order valence-corrected chi connectivity index (χ1v) is 10.6. The van der Waals surface area contributed by atoms with Gasteiger partial charge in [0.15, 0.2) is 6.61 Å². The molecule has 32 heavy (non-hydrogen) atoms. The van der Waals surface area contributed by atoms with Crippen LogP contribution < -0.4 is 5.32 Å². The van der Waals surface area contributed by atoms with Crippen molar-refractivity contribution < 1.29 is 23.9 Å². The number of hydrogen-bond donors (Lipinski definition) is 2. The highest BCUT2D eigenvalue weighted by molar-refractivity contribution is 6.36.